The molecule has 4 unspecified atom stereocenters. The van der Waals surface area contributed by atoms with Crippen molar-refractivity contribution >= 4 is 0 Å². The highest BCUT2D eigenvalue weighted by atomic mass is 14.5. The Balaban J connectivity index is 2.36. The Hall–Kier alpha value is -0.520. The highest BCUT2D eigenvalue weighted by Crippen LogP contribution is 2.55. The van der Waals surface area contributed by atoms with Crippen molar-refractivity contribution in [2.45, 2.75) is 92.4 Å². The Labute approximate surface area is 152 Å². The molecule has 0 spiro atoms. The Morgan fingerprint density at radius 1 is 1.00 bits per heavy atom. The molecule has 0 saturated heterocycles. The van der Waals surface area contributed by atoms with Gasteiger partial charge >= 0.3 is 0 Å². The molecule has 0 aliphatic heterocycles. The summed E-state index contributed by atoms with van der Waals surface area (Å²) in [7, 11) is 0. The Kier molecular flexibility index (Phi) is 6.80. The lowest BCUT2D eigenvalue weighted by Crippen LogP contribution is -2.44. The molecule has 0 N–H and O–H groups in total. The lowest BCUT2D eigenvalue weighted by Gasteiger charge is -2.51. The van der Waals surface area contributed by atoms with Gasteiger partial charge in [0.15, 0.2) is 0 Å². The summed E-state index contributed by atoms with van der Waals surface area (Å²) in [6.07, 6.45) is 12.8. The standard InChI is InChI=1S/C24H42/c1-8-24(7,21-12-10-9-11-13-21)23(19(6)17(2)3)22(18(4)5)16-20-14-15-20/h19-23H,2,4,8-16H2,1,3,5-7H3. The van der Waals surface area contributed by atoms with E-state index in [0.29, 0.717) is 23.2 Å². The predicted octanol–water partition coefficient (Wildman–Crippen LogP) is 7.80. The number of hydrogen-bond donors (Lipinski definition) is 0. The molecule has 0 heteroatoms. The lowest BCUT2D eigenvalue weighted by molar-refractivity contribution is 0.00534. The van der Waals surface area contributed by atoms with Crippen molar-refractivity contribution in [2.75, 3.05) is 0 Å². The van der Waals surface area contributed by atoms with Gasteiger partial charge < -0.3 is 0 Å². The van der Waals surface area contributed by atoms with E-state index in [9.17, 15) is 0 Å². The van der Waals surface area contributed by atoms with E-state index in [4.69, 9.17) is 0 Å². The smallest absolute Gasteiger partial charge is 0.0167 e. The van der Waals surface area contributed by atoms with Gasteiger partial charge in [0.2, 0.25) is 0 Å². The molecule has 24 heavy (non-hydrogen) atoms. The molecule has 0 radical (unpaired) electrons. The van der Waals surface area contributed by atoms with E-state index in [0.717, 1.165) is 11.8 Å². The van der Waals surface area contributed by atoms with Crippen LogP contribution < -0.4 is 0 Å². The van der Waals surface area contributed by atoms with Crippen molar-refractivity contribution in [1.29, 1.82) is 0 Å². The molecular formula is C24H42. The van der Waals surface area contributed by atoms with Crippen molar-refractivity contribution < 1.29 is 0 Å². The van der Waals surface area contributed by atoms with Crippen LogP contribution in [0, 0.1) is 35.0 Å². The average molecular weight is 331 g/mol. The maximum absolute atomic E-state index is 4.46. The third-order valence-electron chi connectivity index (χ3n) is 7.73. The highest BCUT2D eigenvalue weighted by molar-refractivity contribution is 5.11. The zero-order chi connectivity index (χ0) is 17.9. The van der Waals surface area contributed by atoms with Crippen LogP contribution in [-0.2, 0) is 0 Å². The summed E-state index contributed by atoms with van der Waals surface area (Å²) in [5, 5.41) is 0. The van der Waals surface area contributed by atoms with Gasteiger partial charge in [-0.25, -0.2) is 0 Å². The molecule has 4 atom stereocenters. The Morgan fingerprint density at radius 3 is 2.00 bits per heavy atom. The van der Waals surface area contributed by atoms with Gasteiger partial charge in [-0.15, -0.1) is 0 Å². The first-order valence-corrected chi connectivity index (χ1v) is 10.6. The van der Waals surface area contributed by atoms with Crippen LogP contribution in [0.4, 0.5) is 0 Å². The first-order chi connectivity index (χ1) is 11.3. The van der Waals surface area contributed by atoms with Crippen LogP contribution in [-0.4, -0.2) is 0 Å². The second kappa shape index (κ2) is 8.24. The summed E-state index contributed by atoms with van der Waals surface area (Å²) in [6.45, 7) is 20.9. The van der Waals surface area contributed by atoms with Crippen molar-refractivity contribution in [3.63, 3.8) is 0 Å². The molecule has 2 fully saturated rings. The predicted molar refractivity (Wildman–Crippen MR) is 108 cm³/mol. The maximum atomic E-state index is 4.46. The summed E-state index contributed by atoms with van der Waals surface area (Å²) in [6, 6.07) is 0. The van der Waals surface area contributed by atoms with E-state index in [1.807, 2.05) is 0 Å². The number of hydrogen-bond acceptors (Lipinski definition) is 0. The zero-order valence-electron chi connectivity index (χ0n) is 17.2. The van der Waals surface area contributed by atoms with Crippen LogP contribution in [0.1, 0.15) is 92.4 Å². The summed E-state index contributed by atoms with van der Waals surface area (Å²) in [5.74, 6) is 3.85. The second-order valence-electron chi connectivity index (χ2n) is 9.49. The fourth-order valence-electron chi connectivity index (χ4n) is 5.61. The minimum atomic E-state index is 0.428. The first-order valence-electron chi connectivity index (χ1n) is 10.6. The Morgan fingerprint density at radius 2 is 1.58 bits per heavy atom. The summed E-state index contributed by atoms with van der Waals surface area (Å²) < 4.78 is 0. The molecule has 2 rings (SSSR count). The van der Waals surface area contributed by atoms with Crippen LogP contribution in [0.5, 0.6) is 0 Å². The van der Waals surface area contributed by atoms with E-state index in [1.54, 1.807) is 0 Å². The van der Waals surface area contributed by atoms with Crippen molar-refractivity contribution in [3.8, 4) is 0 Å². The van der Waals surface area contributed by atoms with Crippen molar-refractivity contribution in [3.05, 3.63) is 24.3 Å². The minimum absolute atomic E-state index is 0.428. The average Bonchev–Trinajstić information content (AvgIpc) is 3.38. The lowest BCUT2D eigenvalue weighted by atomic mass is 9.53. The molecule has 0 bridgehead atoms. The second-order valence-corrected chi connectivity index (χ2v) is 9.49. The van der Waals surface area contributed by atoms with Crippen LogP contribution in [0.15, 0.2) is 24.3 Å². The van der Waals surface area contributed by atoms with E-state index in [1.165, 1.54) is 68.9 Å². The van der Waals surface area contributed by atoms with Gasteiger partial charge in [-0.3, -0.25) is 0 Å². The van der Waals surface area contributed by atoms with E-state index in [-0.39, 0.29) is 0 Å². The molecular weight excluding hydrogens is 288 g/mol. The Bertz CT molecular complexity index is 435. The molecule has 0 aromatic rings. The molecule has 0 aromatic heterocycles. The van der Waals surface area contributed by atoms with Gasteiger partial charge in [0.1, 0.15) is 0 Å². The molecule has 138 valence electrons. The summed E-state index contributed by atoms with van der Waals surface area (Å²) in [4.78, 5) is 0. The molecule has 2 saturated carbocycles. The molecule has 2 aliphatic rings. The van der Waals surface area contributed by atoms with Crippen LogP contribution in [0.2, 0.25) is 0 Å². The number of rotatable bonds is 9. The van der Waals surface area contributed by atoms with Crippen LogP contribution in [0.3, 0.4) is 0 Å². The molecule has 0 aromatic carbocycles. The molecule has 0 amide bonds. The van der Waals surface area contributed by atoms with Crippen molar-refractivity contribution in [1.82, 2.24) is 0 Å². The van der Waals surface area contributed by atoms with Gasteiger partial charge in [-0.05, 0) is 68.1 Å². The SMILES string of the molecule is C=C(C)C(C)C(C(CC1CC1)C(=C)C)C(C)(CC)C1CCCCC1. The topological polar surface area (TPSA) is 0 Å². The third kappa shape index (κ3) is 4.36. The maximum Gasteiger partial charge on any atom is -0.0167 e. The van der Waals surface area contributed by atoms with Crippen molar-refractivity contribution in [2.24, 2.45) is 35.0 Å². The van der Waals surface area contributed by atoms with E-state index >= 15 is 0 Å². The monoisotopic (exact) mass is 330 g/mol. The third-order valence-corrected chi connectivity index (χ3v) is 7.73. The largest absolute Gasteiger partial charge is 0.0999 e. The summed E-state index contributed by atoms with van der Waals surface area (Å²) in [5.41, 5.74) is 3.23. The zero-order valence-corrected chi connectivity index (χ0v) is 17.2. The van der Waals surface area contributed by atoms with Gasteiger partial charge in [-0.1, -0.05) is 83.6 Å². The highest BCUT2D eigenvalue weighted by Gasteiger charge is 2.47. The fraction of sp³-hybridized carbons (Fsp3) is 0.833. The first kappa shape index (κ1) is 19.8. The summed E-state index contributed by atoms with van der Waals surface area (Å²) >= 11 is 0. The minimum Gasteiger partial charge on any atom is -0.0999 e. The van der Waals surface area contributed by atoms with Crippen LogP contribution >= 0.6 is 0 Å². The van der Waals surface area contributed by atoms with Gasteiger partial charge in [0, 0.05) is 0 Å². The van der Waals surface area contributed by atoms with E-state index < -0.39 is 0 Å². The molecule has 0 nitrogen and oxygen atoms in total. The quantitative estimate of drug-likeness (QED) is 0.378. The molecule has 0 heterocycles. The van der Waals surface area contributed by atoms with E-state index in [2.05, 4.69) is 47.8 Å². The molecule has 2 aliphatic carbocycles. The fourth-order valence-corrected chi connectivity index (χ4v) is 5.61. The number of allylic oxidation sites excluding steroid dienone is 2. The van der Waals surface area contributed by atoms with Gasteiger partial charge in [-0.2, -0.15) is 0 Å². The van der Waals surface area contributed by atoms with Gasteiger partial charge in [0.25, 0.3) is 0 Å². The normalized spacial score (nSPS) is 25.5. The van der Waals surface area contributed by atoms with Crippen LogP contribution in [0.25, 0.3) is 0 Å². The van der Waals surface area contributed by atoms with Gasteiger partial charge in [0.05, 0.1) is 0 Å².